The zero-order valence-corrected chi connectivity index (χ0v) is 35.6. The first-order valence-corrected chi connectivity index (χ1v) is 21.4. The quantitative estimate of drug-likeness (QED) is 0.136. The molecule has 0 saturated heterocycles. The van der Waals surface area contributed by atoms with Gasteiger partial charge in [-0.25, -0.2) is 29.9 Å². The molecule has 318 valence electrons. The second-order valence-corrected chi connectivity index (χ2v) is 16.0. The highest BCUT2D eigenvalue weighted by atomic mass is 19.4. The summed E-state index contributed by atoms with van der Waals surface area (Å²) in [5.74, 6) is 2.96. The summed E-state index contributed by atoms with van der Waals surface area (Å²) in [4.78, 5) is 29.1. The van der Waals surface area contributed by atoms with E-state index in [1.807, 2.05) is 182 Å². The minimum absolute atomic E-state index is 0.105. The van der Waals surface area contributed by atoms with E-state index >= 15 is 13.2 Å². The lowest BCUT2D eigenvalue weighted by molar-refractivity contribution is -0.173. The maximum absolute atomic E-state index is 15.8. The molecule has 0 aliphatic heterocycles. The van der Waals surface area contributed by atoms with Crippen molar-refractivity contribution in [3.8, 4) is 90.6 Å². The van der Waals surface area contributed by atoms with Crippen LogP contribution in [0.2, 0.25) is 0 Å². The zero-order chi connectivity index (χ0) is 45.1. The molecule has 0 saturated carbocycles. The highest BCUT2D eigenvalue weighted by Gasteiger charge is 2.53. The first-order chi connectivity index (χ1) is 32.2. The van der Waals surface area contributed by atoms with Crippen molar-refractivity contribution in [2.24, 2.45) is 0 Å². The third-order valence-corrected chi connectivity index (χ3v) is 11.8. The summed E-state index contributed by atoms with van der Waals surface area (Å²) in [5, 5.41) is 0. The number of alkyl halides is 3. The number of nitrogens with zero attached hydrogens (tertiary/aromatic N) is 6. The van der Waals surface area contributed by atoms with Gasteiger partial charge in [0.1, 0.15) is 5.41 Å². The largest absolute Gasteiger partial charge is 0.402 e. The normalized spacial score (nSPS) is 11.6. The maximum atomic E-state index is 15.8. The van der Waals surface area contributed by atoms with E-state index in [2.05, 4.69) is 0 Å². The molecule has 0 N–H and O–H groups in total. The fourth-order valence-electron chi connectivity index (χ4n) is 8.06. The Balaban J connectivity index is 1.01. The van der Waals surface area contributed by atoms with Crippen LogP contribution in [0.3, 0.4) is 0 Å². The van der Waals surface area contributed by atoms with Crippen LogP contribution in [0.25, 0.3) is 90.6 Å². The number of halogens is 3. The molecule has 0 spiro atoms. The van der Waals surface area contributed by atoms with Crippen LogP contribution >= 0.6 is 0 Å². The maximum Gasteiger partial charge on any atom is 0.402 e. The standard InChI is InChI=1S/C57H39F3N6/c1-56(57(58,59)60,48-32-16-28-44(36-48)42-26-14-30-46(34-42)54-63-50(38-18-6-2-7-19-38)61-51(64-54)39-20-8-3-9-21-39)49-33-17-29-45(37-49)43-27-15-31-47(35-43)55-65-52(40-22-10-4-11-23-40)62-53(66-55)41-24-12-5-13-25-41/h2-37H,1H3. The van der Waals surface area contributed by atoms with Crippen LogP contribution < -0.4 is 0 Å². The Morgan fingerprint density at radius 2 is 0.485 bits per heavy atom. The van der Waals surface area contributed by atoms with Gasteiger partial charge in [0, 0.05) is 33.4 Å². The molecule has 66 heavy (non-hydrogen) atoms. The SMILES string of the molecule is CC(c1cccc(-c2cccc(-c3nc(-c4ccccc4)nc(-c4ccccc4)n3)c2)c1)(c1cccc(-c2cccc(-c3nc(-c4ccccc4)nc(-c4ccccc4)n3)c2)c1)C(F)(F)F. The highest BCUT2D eigenvalue weighted by molar-refractivity contribution is 5.75. The summed E-state index contributed by atoms with van der Waals surface area (Å²) in [6, 6.07) is 67.2. The van der Waals surface area contributed by atoms with Crippen LogP contribution in [0, 0.1) is 0 Å². The number of rotatable bonds is 10. The lowest BCUT2D eigenvalue weighted by Gasteiger charge is -2.34. The van der Waals surface area contributed by atoms with Gasteiger partial charge in [-0.15, -0.1) is 0 Å². The fraction of sp³-hybridized carbons (Fsp3) is 0.0526. The van der Waals surface area contributed by atoms with Crippen LogP contribution in [0.15, 0.2) is 218 Å². The summed E-state index contributed by atoms with van der Waals surface area (Å²) in [6.07, 6.45) is -4.66. The Hall–Kier alpha value is -8.43. The highest BCUT2D eigenvalue weighted by Crippen LogP contribution is 2.48. The molecule has 2 heterocycles. The average Bonchev–Trinajstić information content (AvgIpc) is 3.39. The van der Waals surface area contributed by atoms with Gasteiger partial charge in [-0.05, 0) is 64.6 Å². The minimum atomic E-state index is -4.66. The molecule has 8 aromatic carbocycles. The lowest BCUT2D eigenvalue weighted by atomic mass is 9.74. The average molecular weight is 865 g/mol. The van der Waals surface area contributed by atoms with Crippen LogP contribution in [0.4, 0.5) is 13.2 Å². The van der Waals surface area contributed by atoms with Gasteiger partial charge in [-0.3, -0.25) is 0 Å². The van der Waals surface area contributed by atoms with Gasteiger partial charge in [-0.2, -0.15) is 13.2 Å². The Morgan fingerprint density at radius 3 is 0.773 bits per heavy atom. The van der Waals surface area contributed by atoms with E-state index in [-0.39, 0.29) is 11.1 Å². The summed E-state index contributed by atoms with van der Waals surface area (Å²) in [5.41, 5.74) is 5.27. The van der Waals surface area contributed by atoms with Crippen molar-refractivity contribution in [1.82, 2.24) is 29.9 Å². The minimum Gasteiger partial charge on any atom is -0.208 e. The van der Waals surface area contributed by atoms with Crippen LogP contribution in [0.1, 0.15) is 18.1 Å². The molecule has 0 bridgehead atoms. The fourth-order valence-corrected chi connectivity index (χ4v) is 8.06. The Kier molecular flexibility index (Phi) is 11.1. The zero-order valence-electron chi connectivity index (χ0n) is 35.6. The summed E-state index contributed by atoms with van der Waals surface area (Å²) < 4.78 is 47.3. The van der Waals surface area contributed by atoms with Gasteiger partial charge in [0.05, 0.1) is 0 Å². The molecule has 10 aromatic rings. The molecular formula is C57H39F3N6. The van der Waals surface area contributed by atoms with Crippen molar-refractivity contribution in [2.75, 3.05) is 0 Å². The smallest absolute Gasteiger partial charge is 0.208 e. The van der Waals surface area contributed by atoms with E-state index in [9.17, 15) is 0 Å². The predicted octanol–water partition coefficient (Wildman–Crippen LogP) is 14.3. The second kappa shape index (κ2) is 17.6. The van der Waals surface area contributed by atoms with E-state index in [0.717, 1.165) is 33.4 Å². The van der Waals surface area contributed by atoms with E-state index < -0.39 is 11.6 Å². The van der Waals surface area contributed by atoms with Crippen molar-refractivity contribution in [1.29, 1.82) is 0 Å². The molecule has 0 radical (unpaired) electrons. The first-order valence-electron chi connectivity index (χ1n) is 21.4. The predicted molar refractivity (Wildman–Crippen MR) is 256 cm³/mol. The molecule has 0 aliphatic carbocycles. The second-order valence-electron chi connectivity index (χ2n) is 16.0. The first kappa shape index (κ1) is 41.6. The van der Waals surface area contributed by atoms with Gasteiger partial charge < -0.3 is 0 Å². The van der Waals surface area contributed by atoms with E-state index in [1.165, 1.54) is 6.92 Å². The number of benzene rings is 8. The summed E-state index contributed by atoms with van der Waals surface area (Å²) in [7, 11) is 0. The van der Waals surface area contributed by atoms with Crippen molar-refractivity contribution >= 4 is 0 Å². The Bertz CT molecular complexity index is 2980. The Labute approximate surface area is 380 Å². The van der Waals surface area contributed by atoms with Crippen molar-refractivity contribution in [3.05, 3.63) is 230 Å². The summed E-state index contributed by atoms with van der Waals surface area (Å²) >= 11 is 0. The van der Waals surface area contributed by atoms with Crippen LogP contribution in [-0.2, 0) is 5.41 Å². The van der Waals surface area contributed by atoms with E-state index in [4.69, 9.17) is 29.9 Å². The number of aromatic nitrogens is 6. The molecule has 6 nitrogen and oxygen atoms in total. The van der Waals surface area contributed by atoms with Crippen molar-refractivity contribution < 1.29 is 13.2 Å². The van der Waals surface area contributed by atoms with Crippen LogP contribution in [0.5, 0.6) is 0 Å². The number of hydrogen-bond acceptors (Lipinski definition) is 6. The third kappa shape index (κ3) is 8.37. The van der Waals surface area contributed by atoms with Gasteiger partial charge in [0.2, 0.25) is 0 Å². The van der Waals surface area contributed by atoms with Gasteiger partial charge in [0.25, 0.3) is 0 Å². The molecule has 0 aliphatic rings. The van der Waals surface area contributed by atoms with Crippen molar-refractivity contribution in [3.63, 3.8) is 0 Å². The molecule has 0 unspecified atom stereocenters. The van der Waals surface area contributed by atoms with E-state index in [1.54, 1.807) is 36.4 Å². The van der Waals surface area contributed by atoms with E-state index in [0.29, 0.717) is 57.2 Å². The molecule has 0 fully saturated rings. The topological polar surface area (TPSA) is 77.3 Å². The van der Waals surface area contributed by atoms with Crippen molar-refractivity contribution in [2.45, 2.75) is 18.5 Å². The Morgan fingerprint density at radius 1 is 0.258 bits per heavy atom. The number of hydrogen-bond donors (Lipinski definition) is 0. The molecule has 0 amide bonds. The molecule has 10 rings (SSSR count). The lowest BCUT2D eigenvalue weighted by Crippen LogP contribution is -2.40. The van der Waals surface area contributed by atoms with Crippen LogP contribution in [-0.4, -0.2) is 36.1 Å². The molecule has 2 aromatic heterocycles. The molecular weight excluding hydrogens is 826 g/mol. The van der Waals surface area contributed by atoms with Gasteiger partial charge >= 0.3 is 6.18 Å². The van der Waals surface area contributed by atoms with Gasteiger partial charge in [-0.1, -0.05) is 194 Å². The third-order valence-electron chi connectivity index (χ3n) is 11.8. The monoisotopic (exact) mass is 864 g/mol. The summed E-state index contributed by atoms with van der Waals surface area (Å²) in [6.45, 7) is 1.25. The molecule has 0 atom stereocenters. The molecule has 9 heteroatoms. The van der Waals surface area contributed by atoms with Gasteiger partial charge in [0.15, 0.2) is 34.9 Å².